The van der Waals surface area contributed by atoms with Gasteiger partial charge in [-0.1, -0.05) is 72.1 Å². The zero-order valence-electron chi connectivity index (χ0n) is 13.9. The Morgan fingerprint density at radius 3 is 1.75 bits per heavy atom. The molecular formula is C18H34O2. The van der Waals surface area contributed by atoms with E-state index in [0.29, 0.717) is 18.8 Å². The summed E-state index contributed by atoms with van der Waals surface area (Å²) in [6.45, 7) is 6.27. The molecule has 0 aliphatic rings. The van der Waals surface area contributed by atoms with Gasteiger partial charge in [-0.2, -0.15) is 0 Å². The van der Waals surface area contributed by atoms with E-state index in [2.05, 4.69) is 6.92 Å². The minimum absolute atomic E-state index is 0.112. The zero-order valence-corrected chi connectivity index (χ0v) is 13.9. The van der Waals surface area contributed by atoms with Crippen molar-refractivity contribution in [2.45, 2.75) is 97.8 Å². The molecule has 0 amide bonds. The van der Waals surface area contributed by atoms with Crippen molar-refractivity contribution in [3.05, 3.63) is 0 Å². The van der Waals surface area contributed by atoms with Crippen LogP contribution in [0.15, 0.2) is 0 Å². The smallest absolute Gasteiger partial charge is 0.140 e. The molecule has 2 heteroatoms. The summed E-state index contributed by atoms with van der Waals surface area (Å²) < 4.78 is 0. The first kappa shape index (κ1) is 19.3. The second-order valence-electron chi connectivity index (χ2n) is 6.43. The highest BCUT2D eigenvalue weighted by atomic mass is 16.1. The molecule has 0 saturated carbocycles. The monoisotopic (exact) mass is 282 g/mol. The number of carbonyl (C=O) groups is 2. The van der Waals surface area contributed by atoms with Crippen molar-refractivity contribution in [2.75, 3.05) is 0 Å². The lowest BCUT2D eigenvalue weighted by atomic mass is 10.0. The molecule has 0 aliphatic heterocycles. The van der Waals surface area contributed by atoms with Gasteiger partial charge in [-0.3, -0.25) is 9.59 Å². The molecule has 0 aromatic heterocycles. The van der Waals surface area contributed by atoms with E-state index in [1.807, 2.05) is 13.8 Å². The zero-order chi connectivity index (χ0) is 15.2. The Kier molecular flexibility index (Phi) is 12.9. The molecule has 0 N–H and O–H groups in total. The number of Topliss-reactive ketones (excluding diaryl/α,β-unsaturated/α-hetero) is 2. The van der Waals surface area contributed by atoms with Crippen LogP contribution in [-0.2, 0) is 9.59 Å². The minimum Gasteiger partial charge on any atom is -0.299 e. The number of ketones is 2. The maximum Gasteiger partial charge on any atom is 0.140 e. The summed E-state index contributed by atoms with van der Waals surface area (Å²) in [7, 11) is 0. The Balaban J connectivity index is 3.33. The van der Waals surface area contributed by atoms with Crippen LogP contribution in [0.4, 0.5) is 0 Å². The summed E-state index contributed by atoms with van der Waals surface area (Å²) in [5.74, 6) is 0.613. The maximum atomic E-state index is 11.6. The first-order valence-corrected chi connectivity index (χ1v) is 8.59. The maximum absolute atomic E-state index is 11.6. The highest BCUT2D eigenvalue weighted by Gasteiger charge is 2.10. The van der Waals surface area contributed by atoms with Crippen molar-refractivity contribution < 1.29 is 9.59 Å². The van der Waals surface area contributed by atoms with Crippen molar-refractivity contribution >= 4 is 11.6 Å². The summed E-state index contributed by atoms with van der Waals surface area (Å²) in [5, 5.41) is 0. The number of hydrogen-bond donors (Lipinski definition) is 0. The highest BCUT2D eigenvalue weighted by Crippen LogP contribution is 2.11. The number of carbonyl (C=O) groups excluding carboxylic acids is 2. The van der Waals surface area contributed by atoms with Crippen LogP contribution >= 0.6 is 0 Å². The van der Waals surface area contributed by atoms with Gasteiger partial charge in [0.2, 0.25) is 0 Å². The Hall–Kier alpha value is -0.660. The van der Waals surface area contributed by atoms with E-state index in [1.54, 1.807) is 0 Å². The van der Waals surface area contributed by atoms with Crippen LogP contribution in [0, 0.1) is 5.92 Å². The fourth-order valence-corrected chi connectivity index (χ4v) is 2.47. The van der Waals surface area contributed by atoms with Crippen LogP contribution in [0.5, 0.6) is 0 Å². The van der Waals surface area contributed by atoms with Crippen LogP contribution in [0.1, 0.15) is 97.8 Å². The van der Waals surface area contributed by atoms with Gasteiger partial charge < -0.3 is 0 Å². The molecule has 118 valence electrons. The van der Waals surface area contributed by atoms with Crippen molar-refractivity contribution in [1.29, 1.82) is 0 Å². The molecule has 0 saturated heterocycles. The minimum atomic E-state index is 0.112. The second-order valence-corrected chi connectivity index (χ2v) is 6.43. The molecule has 0 aromatic carbocycles. The van der Waals surface area contributed by atoms with Crippen molar-refractivity contribution in [2.24, 2.45) is 5.92 Å². The molecule has 0 atom stereocenters. The lowest BCUT2D eigenvalue weighted by Crippen LogP contribution is -2.09. The average Bonchev–Trinajstić information content (AvgIpc) is 2.35. The number of unbranched alkanes of at least 4 members (excludes halogenated alkanes) is 8. The van der Waals surface area contributed by atoms with Crippen molar-refractivity contribution in [3.63, 3.8) is 0 Å². The van der Waals surface area contributed by atoms with Gasteiger partial charge in [0.1, 0.15) is 11.6 Å². The van der Waals surface area contributed by atoms with Gasteiger partial charge in [0.25, 0.3) is 0 Å². The Labute approximate surface area is 125 Å². The Bertz CT molecular complexity index is 256. The molecule has 0 bridgehead atoms. The van der Waals surface area contributed by atoms with Gasteiger partial charge in [-0.05, 0) is 12.3 Å². The van der Waals surface area contributed by atoms with E-state index in [0.717, 1.165) is 12.8 Å². The number of rotatable bonds is 14. The van der Waals surface area contributed by atoms with Gasteiger partial charge in [0.05, 0.1) is 6.42 Å². The predicted molar refractivity (Wildman–Crippen MR) is 85.9 cm³/mol. The van der Waals surface area contributed by atoms with E-state index in [9.17, 15) is 9.59 Å². The first-order chi connectivity index (χ1) is 9.56. The number of hydrogen-bond acceptors (Lipinski definition) is 2. The topological polar surface area (TPSA) is 34.1 Å². The summed E-state index contributed by atoms with van der Waals surface area (Å²) in [4.78, 5) is 23.1. The molecule has 0 heterocycles. The molecule has 0 spiro atoms. The molecule has 2 nitrogen and oxygen atoms in total. The Morgan fingerprint density at radius 1 is 0.750 bits per heavy atom. The summed E-state index contributed by atoms with van der Waals surface area (Å²) in [6.07, 6.45) is 12.7. The lowest BCUT2D eigenvalue weighted by Gasteiger charge is -2.04. The van der Waals surface area contributed by atoms with Crippen LogP contribution in [0.25, 0.3) is 0 Å². The third-order valence-electron chi connectivity index (χ3n) is 3.59. The Morgan fingerprint density at radius 2 is 1.25 bits per heavy atom. The van der Waals surface area contributed by atoms with E-state index >= 15 is 0 Å². The van der Waals surface area contributed by atoms with Crippen molar-refractivity contribution in [3.8, 4) is 0 Å². The van der Waals surface area contributed by atoms with E-state index in [4.69, 9.17) is 0 Å². The van der Waals surface area contributed by atoms with Gasteiger partial charge in [-0.25, -0.2) is 0 Å². The second kappa shape index (κ2) is 13.3. The van der Waals surface area contributed by atoms with E-state index in [-0.39, 0.29) is 18.0 Å². The molecule has 0 rings (SSSR count). The normalized spacial score (nSPS) is 11.0. The quantitative estimate of drug-likeness (QED) is 0.312. The molecule has 0 aliphatic carbocycles. The third-order valence-corrected chi connectivity index (χ3v) is 3.59. The molecule has 0 fully saturated rings. The van der Waals surface area contributed by atoms with Gasteiger partial charge in [-0.15, -0.1) is 0 Å². The molecule has 0 radical (unpaired) electrons. The van der Waals surface area contributed by atoms with Gasteiger partial charge in [0, 0.05) is 12.8 Å². The molecular weight excluding hydrogens is 248 g/mol. The SMILES string of the molecule is CCCCCCCCCCCC(=O)CC(=O)CC(C)C. The highest BCUT2D eigenvalue weighted by molar-refractivity contribution is 5.99. The van der Waals surface area contributed by atoms with Crippen LogP contribution < -0.4 is 0 Å². The standard InChI is InChI=1S/C18H34O2/c1-4-5-6-7-8-9-10-11-12-13-17(19)15-18(20)14-16(2)3/h16H,4-15H2,1-3H3. The fraction of sp³-hybridized carbons (Fsp3) is 0.889. The van der Waals surface area contributed by atoms with Gasteiger partial charge in [0.15, 0.2) is 0 Å². The summed E-state index contributed by atoms with van der Waals surface area (Å²) in [6, 6.07) is 0. The fourth-order valence-electron chi connectivity index (χ4n) is 2.47. The van der Waals surface area contributed by atoms with Gasteiger partial charge >= 0.3 is 0 Å². The lowest BCUT2D eigenvalue weighted by molar-refractivity contribution is -0.127. The predicted octanol–water partition coefficient (Wildman–Crippen LogP) is 5.48. The van der Waals surface area contributed by atoms with E-state index < -0.39 is 0 Å². The molecule has 0 unspecified atom stereocenters. The molecule has 0 aromatic rings. The largest absolute Gasteiger partial charge is 0.299 e. The molecule has 20 heavy (non-hydrogen) atoms. The third kappa shape index (κ3) is 13.8. The van der Waals surface area contributed by atoms with Crippen LogP contribution in [-0.4, -0.2) is 11.6 Å². The first-order valence-electron chi connectivity index (χ1n) is 8.59. The van der Waals surface area contributed by atoms with Crippen LogP contribution in [0.2, 0.25) is 0 Å². The average molecular weight is 282 g/mol. The summed E-state index contributed by atoms with van der Waals surface area (Å²) in [5.41, 5.74) is 0. The summed E-state index contributed by atoms with van der Waals surface area (Å²) >= 11 is 0. The van der Waals surface area contributed by atoms with Crippen molar-refractivity contribution in [1.82, 2.24) is 0 Å². The van der Waals surface area contributed by atoms with E-state index in [1.165, 1.54) is 44.9 Å². The van der Waals surface area contributed by atoms with Crippen LogP contribution in [0.3, 0.4) is 0 Å².